The number of furan rings is 1. The summed E-state index contributed by atoms with van der Waals surface area (Å²) in [5.41, 5.74) is 1.66. The Bertz CT molecular complexity index is 1070. The van der Waals surface area contributed by atoms with E-state index in [1.54, 1.807) is 30.0 Å². The third-order valence-corrected chi connectivity index (χ3v) is 6.34. The third-order valence-electron chi connectivity index (χ3n) is 4.18. The Balaban J connectivity index is 1.43. The van der Waals surface area contributed by atoms with Crippen LogP contribution in [0.5, 0.6) is 0 Å². The zero-order valence-electron chi connectivity index (χ0n) is 15.3. The first-order valence-electron chi connectivity index (χ1n) is 8.95. The lowest BCUT2D eigenvalue weighted by Gasteiger charge is -2.04. The topological polar surface area (TPSA) is 81.2 Å². The van der Waals surface area contributed by atoms with Crippen LogP contribution in [0.2, 0.25) is 0 Å². The maximum absolute atomic E-state index is 12.7. The first-order valence-corrected chi connectivity index (χ1v) is 10.8. The van der Waals surface area contributed by atoms with E-state index >= 15 is 0 Å². The monoisotopic (exact) mass is 413 g/mol. The van der Waals surface area contributed by atoms with Crippen LogP contribution in [-0.4, -0.2) is 22.6 Å². The minimum Gasteiger partial charge on any atom is -0.451 e. The van der Waals surface area contributed by atoms with E-state index < -0.39 is 0 Å². The fourth-order valence-corrected chi connectivity index (χ4v) is 4.69. The number of hydrogen-bond acceptors (Lipinski definition) is 7. The number of thiophene rings is 1. The first kappa shape index (κ1) is 18.8. The van der Waals surface area contributed by atoms with Gasteiger partial charge in [-0.25, -0.2) is 0 Å². The molecule has 0 radical (unpaired) electrons. The van der Waals surface area contributed by atoms with Gasteiger partial charge in [0.15, 0.2) is 11.6 Å². The number of aryl methyl sites for hydroxylation is 2. The van der Waals surface area contributed by atoms with Crippen LogP contribution in [-0.2, 0) is 12.2 Å². The molecule has 3 heterocycles. The molecule has 144 valence electrons. The highest BCUT2D eigenvalue weighted by Gasteiger charge is 2.20. The summed E-state index contributed by atoms with van der Waals surface area (Å²) in [5.74, 6) is 2.08. The smallest absolute Gasteiger partial charge is 0.287 e. The van der Waals surface area contributed by atoms with Gasteiger partial charge in [0.2, 0.25) is 5.89 Å². The van der Waals surface area contributed by atoms with Crippen molar-refractivity contribution in [1.29, 1.82) is 0 Å². The highest BCUT2D eigenvalue weighted by Crippen LogP contribution is 2.33. The molecule has 0 spiro atoms. The minimum atomic E-state index is -0.195. The van der Waals surface area contributed by atoms with E-state index in [1.165, 1.54) is 4.21 Å². The Morgan fingerprint density at radius 1 is 1.25 bits per heavy atom. The van der Waals surface area contributed by atoms with Gasteiger partial charge in [-0.1, -0.05) is 29.4 Å². The van der Waals surface area contributed by atoms with Gasteiger partial charge in [-0.05, 0) is 30.9 Å². The maximum atomic E-state index is 12.7. The Labute approximate surface area is 170 Å². The molecule has 4 aromatic rings. The van der Waals surface area contributed by atoms with Gasteiger partial charge in [0.1, 0.15) is 5.58 Å². The fourth-order valence-electron chi connectivity index (χ4n) is 2.88. The maximum Gasteiger partial charge on any atom is 0.287 e. The van der Waals surface area contributed by atoms with E-state index in [9.17, 15) is 4.79 Å². The number of carbonyl (C=O) groups is 1. The Morgan fingerprint density at radius 3 is 2.93 bits per heavy atom. The zero-order valence-corrected chi connectivity index (χ0v) is 16.9. The van der Waals surface area contributed by atoms with E-state index in [-0.39, 0.29) is 5.91 Å². The molecule has 28 heavy (non-hydrogen) atoms. The number of aromatic nitrogens is 2. The molecule has 3 aromatic heterocycles. The van der Waals surface area contributed by atoms with Gasteiger partial charge in [0.05, 0.1) is 4.21 Å². The molecule has 0 saturated heterocycles. The molecule has 0 aliphatic rings. The summed E-state index contributed by atoms with van der Waals surface area (Å²) < 4.78 is 12.2. The van der Waals surface area contributed by atoms with Crippen molar-refractivity contribution in [3.05, 3.63) is 64.8 Å². The molecule has 0 atom stereocenters. The number of hydrogen-bond donors (Lipinski definition) is 1. The molecule has 1 aromatic carbocycles. The second-order valence-electron chi connectivity index (χ2n) is 6.22. The molecular formula is C20H19N3O3S2. The summed E-state index contributed by atoms with van der Waals surface area (Å²) in [6, 6.07) is 11.9. The number of carbonyl (C=O) groups excluding carboxylic acids is 1. The van der Waals surface area contributed by atoms with Crippen LogP contribution in [0.25, 0.3) is 11.0 Å². The molecule has 0 bridgehead atoms. The van der Waals surface area contributed by atoms with Gasteiger partial charge < -0.3 is 14.3 Å². The summed E-state index contributed by atoms with van der Waals surface area (Å²) in [6.07, 6.45) is 1.34. The Kier molecular flexibility index (Phi) is 5.78. The second-order valence-corrected chi connectivity index (χ2v) is 8.44. The van der Waals surface area contributed by atoms with Crippen LogP contribution in [0, 0.1) is 6.92 Å². The summed E-state index contributed by atoms with van der Waals surface area (Å²) in [6.45, 7) is 2.29. The minimum absolute atomic E-state index is 0.195. The van der Waals surface area contributed by atoms with Crippen LogP contribution < -0.4 is 5.32 Å². The highest BCUT2D eigenvalue weighted by molar-refractivity contribution is 8.00. The molecule has 0 fully saturated rings. The van der Waals surface area contributed by atoms with Crippen LogP contribution in [0.15, 0.2) is 54.9 Å². The predicted molar refractivity (Wildman–Crippen MR) is 110 cm³/mol. The molecule has 1 N–H and O–H groups in total. The van der Waals surface area contributed by atoms with Gasteiger partial charge in [0.25, 0.3) is 5.91 Å². The van der Waals surface area contributed by atoms with Crippen molar-refractivity contribution in [3.8, 4) is 0 Å². The van der Waals surface area contributed by atoms with Gasteiger partial charge >= 0.3 is 0 Å². The number of para-hydroxylation sites is 1. The Morgan fingerprint density at radius 2 is 2.14 bits per heavy atom. The lowest BCUT2D eigenvalue weighted by Crippen LogP contribution is -2.25. The number of rotatable bonds is 8. The van der Waals surface area contributed by atoms with Crippen molar-refractivity contribution in [1.82, 2.24) is 15.5 Å². The van der Waals surface area contributed by atoms with E-state index in [0.717, 1.165) is 16.5 Å². The summed E-state index contributed by atoms with van der Waals surface area (Å²) >= 11 is 3.40. The SMILES string of the molecule is Cc1noc(CCCNC(=O)c2oc3ccccc3c2CSc2cccs2)n1. The van der Waals surface area contributed by atoms with Crippen molar-refractivity contribution in [2.45, 2.75) is 29.7 Å². The number of thioether (sulfide) groups is 1. The number of fused-ring (bicyclic) bond motifs is 1. The lowest BCUT2D eigenvalue weighted by molar-refractivity contribution is 0.0926. The van der Waals surface area contributed by atoms with Crippen LogP contribution in [0.3, 0.4) is 0 Å². The van der Waals surface area contributed by atoms with E-state index in [4.69, 9.17) is 8.94 Å². The lowest BCUT2D eigenvalue weighted by atomic mass is 10.1. The first-order chi connectivity index (χ1) is 13.7. The number of benzene rings is 1. The summed E-state index contributed by atoms with van der Waals surface area (Å²) in [7, 11) is 0. The number of nitrogens with zero attached hydrogens (tertiary/aromatic N) is 2. The molecule has 1 amide bonds. The van der Waals surface area contributed by atoms with Gasteiger partial charge in [0, 0.05) is 29.7 Å². The van der Waals surface area contributed by atoms with Crippen molar-refractivity contribution in [2.24, 2.45) is 0 Å². The van der Waals surface area contributed by atoms with Crippen LogP contribution >= 0.6 is 23.1 Å². The van der Waals surface area contributed by atoms with Gasteiger partial charge in [-0.15, -0.1) is 23.1 Å². The normalized spacial score (nSPS) is 11.2. The van der Waals surface area contributed by atoms with E-state index in [2.05, 4.69) is 21.5 Å². The van der Waals surface area contributed by atoms with E-state index in [0.29, 0.717) is 42.6 Å². The molecule has 0 unspecified atom stereocenters. The molecule has 8 heteroatoms. The fraction of sp³-hybridized carbons (Fsp3) is 0.250. The highest BCUT2D eigenvalue weighted by atomic mass is 32.2. The molecule has 0 saturated carbocycles. The summed E-state index contributed by atoms with van der Waals surface area (Å²) in [4.78, 5) is 16.9. The van der Waals surface area contributed by atoms with Crippen LogP contribution in [0.1, 0.15) is 34.3 Å². The van der Waals surface area contributed by atoms with Crippen molar-refractivity contribution in [2.75, 3.05) is 6.54 Å². The molecule has 4 rings (SSSR count). The van der Waals surface area contributed by atoms with Crippen molar-refractivity contribution >= 4 is 40.0 Å². The number of nitrogens with one attached hydrogen (secondary N) is 1. The predicted octanol–water partition coefficient (Wildman–Crippen LogP) is 4.84. The summed E-state index contributed by atoms with van der Waals surface area (Å²) in [5, 5.41) is 9.74. The molecule has 0 aliphatic heterocycles. The molecular weight excluding hydrogens is 394 g/mol. The molecule has 6 nitrogen and oxygen atoms in total. The third kappa shape index (κ3) is 4.28. The van der Waals surface area contributed by atoms with Crippen LogP contribution in [0.4, 0.5) is 0 Å². The van der Waals surface area contributed by atoms with Gasteiger partial charge in [-0.2, -0.15) is 4.98 Å². The van der Waals surface area contributed by atoms with E-state index in [1.807, 2.05) is 35.7 Å². The Hall–Kier alpha value is -2.58. The standard InChI is InChI=1S/C20H19N3O3S2/c1-13-22-17(26-23-13)8-4-10-21-20(24)19-15(12-28-18-9-5-11-27-18)14-6-2-3-7-16(14)25-19/h2-3,5-7,9,11H,4,8,10,12H2,1H3,(H,21,24). The van der Waals surface area contributed by atoms with Crippen molar-refractivity contribution < 1.29 is 13.7 Å². The van der Waals surface area contributed by atoms with Crippen molar-refractivity contribution in [3.63, 3.8) is 0 Å². The zero-order chi connectivity index (χ0) is 19.3. The number of amides is 1. The average Bonchev–Trinajstić information content (AvgIpc) is 3.43. The second kappa shape index (κ2) is 8.62. The quantitative estimate of drug-likeness (QED) is 0.329. The molecule has 0 aliphatic carbocycles. The largest absolute Gasteiger partial charge is 0.451 e. The van der Waals surface area contributed by atoms with Gasteiger partial charge in [-0.3, -0.25) is 4.79 Å². The average molecular weight is 414 g/mol.